The Morgan fingerprint density at radius 2 is 1.97 bits per heavy atom. The molecule has 2 aromatic carbocycles. The van der Waals surface area contributed by atoms with Gasteiger partial charge in [0.2, 0.25) is 5.91 Å². The number of hydrogen-bond acceptors (Lipinski definition) is 5. The normalized spacial score (nSPS) is 12.2. The number of para-hydroxylation sites is 1. The number of carbonyl (C=O) groups excluding carboxylic acids is 1. The van der Waals surface area contributed by atoms with Crippen LogP contribution in [-0.2, 0) is 4.79 Å². The van der Waals surface area contributed by atoms with Crippen LogP contribution in [0.5, 0.6) is 0 Å². The first-order chi connectivity index (χ1) is 14.0. The largest absolute Gasteiger partial charge is 0.411 e. The molecular weight excluding hydrogens is 391 g/mol. The number of aromatic amines is 1. The van der Waals surface area contributed by atoms with Crippen LogP contribution in [0.3, 0.4) is 0 Å². The van der Waals surface area contributed by atoms with E-state index in [4.69, 9.17) is 4.42 Å². The Kier molecular flexibility index (Phi) is 5.35. The zero-order valence-corrected chi connectivity index (χ0v) is 16.7. The summed E-state index contributed by atoms with van der Waals surface area (Å²) in [5.74, 6) is 0.189. The Bertz CT molecular complexity index is 1140. The van der Waals surface area contributed by atoms with Crippen molar-refractivity contribution in [2.75, 3.05) is 12.8 Å². The van der Waals surface area contributed by atoms with Crippen LogP contribution in [0.25, 0.3) is 22.4 Å². The van der Waals surface area contributed by atoms with Crippen molar-refractivity contribution in [3.8, 4) is 11.5 Å². The summed E-state index contributed by atoms with van der Waals surface area (Å²) in [6, 6.07) is 13.8. The molecule has 1 atom stereocenters. The van der Waals surface area contributed by atoms with E-state index in [0.29, 0.717) is 11.1 Å². The number of amides is 1. The monoisotopic (exact) mass is 410 g/mol. The third kappa shape index (κ3) is 4.02. The van der Waals surface area contributed by atoms with Crippen molar-refractivity contribution in [3.63, 3.8) is 0 Å². The Morgan fingerprint density at radius 1 is 1.21 bits per heavy atom. The minimum absolute atomic E-state index is 0.0846. The smallest absolute Gasteiger partial charge is 0.277 e. The van der Waals surface area contributed by atoms with Gasteiger partial charge in [-0.05, 0) is 30.7 Å². The lowest BCUT2D eigenvalue weighted by atomic mass is 10.1. The number of rotatable bonds is 6. The molecule has 4 rings (SSSR count). The number of nitrogens with one attached hydrogen (secondary N) is 1. The van der Waals surface area contributed by atoms with Gasteiger partial charge in [0.1, 0.15) is 5.82 Å². The highest BCUT2D eigenvalue weighted by molar-refractivity contribution is 7.99. The van der Waals surface area contributed by atoms with E-state index in [9.17, 15) is 9.18 Å². The SMILES string of the molecule is CC(c1ccc(F)cc1)N(C)C(=O)CSc1nnc(-c2c[nH]c3ccccc23)o1. The van der Waals surface area contributed by atoms with Crippen LogP contribution in [0.2, 0.25) is 0 Å². The third-order valence-corrected chi connectivity index (χ3v) is 5.68. The van der Waals surface area contributed by atoms with Crippen molar-refractivity contribution in [3.05, 3.63) is 66.1 Å². The van der Waals surface area contributed by atoms with E-state index in [-0.39, 0.29) is 23.5 Å². The van der Waals surface area contributed by atoms with Crippen LogP contribution < -0.4 is 0 Å². The van der Waals surface area contributed by atoms with Gasteiger partial charge in [-0.25, -0.2) is 4.39 Å². The Hall–Kier alpha value is -3.13. The van der Waals surface area contributed by atoms with Gasteiger partial charge in [0.05, 0.1) is 17.4 Å². The Balaban J connectivity index is 1.40. The van der Waals surface area contributed by atoms with Crippen LogP contribution >= 0.6 is 11.8 Å². The molecule has 148 valence electrons. The van der Waals surface area contributed by atoms with Crippen molar-refractivity contribution in [1.29, 1.82) is 0 Å². The molecule has 8 heteroatoms. The highest BCUT2D eigenvalue weighted by atomic mass is 32.2. The van der Waals surface area contributed by atoms with Crippen LogP contribution in [0.4, 0.5) is 4.39 Å². The molecular formula is C21H19FN4O2S. The number of fused-ring (bicyclic) bond motifs is 1. The molecule has 0 saturated heterocycles. The standard InChI is InChI=1S/C21H19FN4O2S/c1-13(14-7-9-15(22)10-8-14)26(2)19(27)12-29-21-25-24-20(28-21)17-11-23-18-6-4-3-5-16(17)18/h3-11,13,23H,12H2,1-2H3. The fourth-order valence-corrected chi connectivity index (χ4v) is 3.72. The summed E-state index contributed by atoms with van der Waals surface area (Å²) in [5, 5.41) is 9.48. The molecule has 6 nitrogen and oxygen atoms in total. The lowest BCUT2D eigenvalue weighted by Crippen LogP contribution is -2.31. The second-order valence-electron chi connectivity index (χ2n) is 6.64. The zero-order chi connectivity index (χ0) is 20.4. The van der Waals surface area contributed by atoms with Crippen molar-refractivity contribution < 1.29 is 13.6 Å². The van der Waals surface area contributed by atoms with Gasteiger partial charge in [0, 0.05) is 24.1 Å². The molecule has 0 spiro atoms. The molecule has 0 saturated carbocycles. The van der Waals surface area contributed by atoms with Crippen LogP contribution in [-0.4, -0.2) is 38.8 Å². The first-order valence-electron chi connectivity index (χ1n) is 9.07. The van der Waals surface area contributed by atoms with E-state index in [1.807, 2.05) is 37.4 Å². The van der Waals surface area contributed by atoms with Crippen molar-refractivity contribution >= 4 is 28.6 Å². The molecule has 2 aromatic heterocycles. The number of aromatic nitrogens is 3. The summed E-state index contributed by atoms with van der Waals surface area (Å²) >= 11 is 1.19. The van der Waals surface area contributed by atoms with Gasteiger partial charge in [-0.15, -0.1) is 10.2 Å². The topological polar surface area (TPSA) is 75.0 Å². The first-order valence-corrected chi connectivity index (χ1v) is 10.1. The molecule has 2 heterocycles. The molecule has 1 N–H and O–H groups in total. The van der Waals surface area contributed by atoms with Gasteiger partial charge >= 0.3 is 0 Å². The maximum atomic E-state index is 13.1. The summed E-state index contributed by atoms with van der Waals surface area (Å²) in [7, 11) is 1.72. The molecule has 0 radical (unpaired) electrons. The average molecular weight is 410 g/mol. The van der Waals surface area contributed by atoms with Crippen molar-refractivity contribution in [2.45, 2.75) is 18.2 Å². The maximum Gasteiger partial charge on any atom is 0.277 e. The fourth-order valence-electron chi connectivity index (χ4n) is 3.03. The van der Waals surface area contributed by atoms with Gasteiger partial charge in [0.25, 0.3) is 11.1 Å². The summed E-state index contributed by atoms with van der Waals surface area (Å²) in [6.45, 7) is 1.90. The number of carbonyl (C=O) groups is 1. The van der Waals surface area contributed by atoms with E-state index in [2.05, 4.69) is 15.2 Å². The highest BCUT2D eigenvalue weighted by Crippen LogP contribution is 2.29. The average Bonchev–Trinajstić information content (AvgIpc) is 3.38. The second-order valence-corrected chi connectivity index (χ2v) is 7.57. The molecule has 29 heavy (non-hydrogen) atoms. The van der Waals surface area contributed by atoms with E-state index >= 15 is 0 Å². The predicted octanol–water partition coefficient (Wildman–Crippen LogP) is 4.67. The number of nitrogens with zero attached hydrogens (tertiary/aromatic N) is 3. The number of benzene rings is 2. The number of halogens is 1. The lowest BCUT2D eigenvalue weighted by molar-refractivity contribution is -0.128. The van der Waals surface area contributed by atoms with Gasteiger partial charge < -0.3 is 14.3 Å². The van der Waals surface area contributed by atoms with E-state index < -0.39 is 0 Å². The number of H-pyrrole nitrogens is 1. The molecule has 0 fully saturated rings. The fraction of sp³-hybridized carbons (Fsp3) is 0.190. The summed E-state index contributed by atoms with van der Waals surface area (Å²) in [6.07, 6.45) is 1.83. The Morgan fingerprint density at radius 3 is 2.76 bits per heavy atom. The summed E-state index contributed by atoms with van der Waals surface area (Å²) in [5.41, 5.74) is 2.68. The maximum absolute atomic E-state index is 13.1. The molecule has 1 amide bonds. The van der Waals surface area contributed by atoms with Gasteiger partial charge in [-0.1, -0.05) is 42.1 Å². The first kappa shape index (κ1) is 19.2. The van der Waals surface area contributed by atoms with Gasteiger partial charge in [-0.2, -0.15) is 0 Å². The van der Waals surface area contributed by atoms with E-state index in [0.717, 1.165) is 22.0 Å². The van der Waals surface area contributed by atoms with Gasteiger partial charge in [-0.3, -0.25) is 4.79 Å². The lowest BCUT2D eigenvalue weighted by Gasteiger charge is -2.25. The molecule has 0 aliphatic heterocycles. The van der Waals surface area contributed by atoms with Crippen LogP contribution in [0.1, 0.15) is 18.5 Å². The molecule has 4 aromatic rings. The van der Waals surface area contributed by atoms with Gasteiger partial charge in [0.15, 0.2) is 0 Å². The van der Waals surface area contributed by atoms with Crippen LogP contribution in [0, 0.1) is 5.82 Å². The Labute approximate surface area is 171 Å². The predicted molar refractivity (Wildman–Crippen MR) is 110 cm³/mol. The summed E-state index contributed by atoms with van der Waals surface area (Å²) < 4.78 is 18.8. The molecule has 0 aliphatic rings. The number of thioether (sulfide) groups is 1. The van der Waals surface area contributed by atoms with Crippen molar-refractivity contribution in [2.24, 2.45) is 0 Å². The van der Waals surface area contributed by atoms with E-state index in [1.165, 1.54) is 23.9 Å². The highest BCUT2D eigenvalue weighted by Gasteiger charge is 2.19. The van der Waals surface area contributed by atoms with Crippen molar-refractivity contribution in [1.82, 2.24) is 20.1 Å². The molecule has 1 unspecified atom stereocenters. The zero-order valence-electron chi connectivity index (χ0n) is 15.9. The summed E-state index contributed by atoms with van der Waals surface area (Å²) in [4.78, 5) is 17.3. The minimum atomic E-state index is -0.298. The molecule has 0 bridgehead atoms. The number of hydrogen-bond donors (Lipinski definition) is 1. The van der Waals surface area contributed by atoms with E-state index in [1.54, 1.807) is 24.1 Å². The van der Waals surface area contributed by atoms with Crippen LogP contribution in [0.15, 0.2) is 64.4 Å². The molecule has 0 aliphatic carbocycles. The minimum Gasteiger partial charge on any atom is -0.411 e. The quantitative estimate of drug-likeness (QED) is 0.468. The third-order valence-electron chi connectivity index (χ3n) is 4.87. The second kappa shape index (κ2) is 8.08.